The normalized spacial score (nSPS) is 25.5. The Hall–Kier alpha value is -2.06. The fourth-order valence-corrected chi connectivity index (χ4v) is 5.19. The van der Waals surface area contributed by atoms with Crippen LogP contribution in [0.25, 0.3) is 11.1 Å². The molecule has 0 aromatic heterocycles. The molecule has 3 aromatic rings. The highest BCUT2D eigenvalue weighted by molar-refractivity contribution is 8.00. The molecule has 7 heteroatoms. The zero-order valence-electron chi connectivity index (χ0n) is 17.2. The number of halogens is 1. The Labute approximate surface area is 196 Å². The monoisotopic (exact) mass is 472 g/mol. The first-order valence-corrected chi connectivity index (χ1v) is 11.7. The second kappa shape index (κ2) is 10.3. The van der Waals surface area contributed by atoms with E-state index in [1.54, 1.807) is 12.1 Å². The van der Waals surface area contributed by atoms with Crippen LogP contribution in [0.1, 0.15) is 11.1 Å². The fourth-order valence-electron chi connectivity index (χ4n) is 3.76. The van der Waals surface area contributed by atoms with Gasteiger partial charge in [0.2, 0.25) is 0 Å². The highest BCUT2D eigenvalue weighted by atomic mass is 35.5. The van der Waals surface area contributed by atoms with Gasteiger partial charge < -0.3 is 25.2 Å². The minimum atomic E-state index is -1.40. The minimum absolute atomic E-state index is 0.337. The zero-order chi connectivity index (χ0) is 22.7. The fraction of sp³-hybridized carbons (Fsp3) is 0.280. The van der Waals surface area contributed by atoms with Crippen LogP contribution in [-0.2, 0) is 6.42 Å². The maximum Gasteiger partial charge on any atom is 0.173 e. The van der Waals surface area contributed by atoms with Crippen LogP contribution in [0.3, 0.4) is 0 Å². The first kappa shape index (κ1) is 23.1. The molecule has 0 spiro atoms. The van der Waals surface area contributed by atoms with Crippen molar-refractivity contribution >= 4 is 23.4 Å². The van der Waals surface area contributed by atoms with E-state index in [1.807, 2.05) is 24.3 Å². The number of aliphatic hydroxyl groups excluding tert-OH is 4. The van der Waals surface area contributed by atoms with Crippen molar-refractivity contribution in [2.45, 2.75) is 35.4 Å². The Morgan fingerprint density at radius 2 is 1.50 bits per heavy atom. The van der Waals surface area contributed by atoms with Gasteiger partial charge in [-0.2, -0.15) is 0 Å². The lowest BCUT2D eigenvalue weighted by Crippen LogP contribution is -2.55. The SMILES string of the molecule is OC[C@H]1S[C@@H](Oc2ccc(Cl)cc2Cc2ccc(-c3ccccc3)cc2)[C@H](O)[C@@H](O)[C@@H]1O. The number of benzene rings is 3. The summed E-state index contributed by atoms with van der Waals surface area (Å²) in [6.07, 6.45) is -3.37. The molecule has 32 heavy (non-hydrogen) atoms. The van der Waals surface area contributed by atoms with E-state index in [9.17, 15) is 20.4 Å². The molecule has 0 bridgehead atoms. The number of aliphatic hydroxyl groups is 4. The summed E-state index contributed by atoms with van der Waals surface area (Å²) >= 11 is 7.33. The minimum Gasteiger partial charge on any atom is -0.477 e. The molecule has 1 aliphatic heterocycles. The van der Waals surface area contributed by atoms with Gasteiger partial charge in [-0.25, -0.2) is 0 Å². The van der Waals surface area contributed by atoms with E-state index in [0.717, 1.165) is 34.0 Å². The Kier molecular flexibility index (Phi) is 7.40. The number of rotatable bonds is 6. The Morgan fingerprint density at radius 1 is 0.812 bits per heavy atom. The molecule has 1 heterocycles. The largest absolute Gasteiger partial charge is 0.477 e. The van der Waals surface area contributed by atoms with Crippen molar-refractivity contribution in [2.75, 3.05) is 6.61 Å². The summed E-state index contributed by atoms with van der Waals surface area (Å²) in [5.41, 5.74) is 3.33. The summed E-state index contributed by atoms with van der Waals surface area (Å²) < 4.78 is 6.04. The summed E-state index contributed by atoms with van der Waals surface area (Å²) in [5, 5.41) is 40.0. The van der Waals surface area contributed by atoms with E-state index in [0.29, 0.717) is 17.2 Å². The number of hydrogen-bond donors (Lipinski definition) is 4. The van der Waals surface area contributed by atoms with Gasteiger partial charge in [-0.1, -0.05) is 66.2 Å². The van der Waals surface area contributed by atoms with Crippen LogP contribution in [-0.4, -0.2) is 56.0 Å². The summed E-state index contributed by atoms with van der Waals surface area (Å²) in [5.74, 6) is 0.526. The van der Waals surface area contributed by atoms with Crippen molar-refractivity contribution < 1.29 is 25.2 Å². The standard InChI is InChI=1S/C25H25ClO5S/c26-19-10-11-20(31-25-24(30)23(29)22(28)21(14-27)32-25)18(13-19)12-15-6-8-17(9-7-15)16-4-2-1-3-5-16/h1-11,13,21-25,27-30H,12,14H2/t21-,22-,23+,24-,25-/m1/s1. The Bertz CT molecular complexity index is 1030. The summed E-state index contributed by atoms with van der Waals surface area (Å²) in [6.45, 7) is -0.337. The van der Waals surface area contributed by atoms with Gasteiger partial charge in [-0.05, 0) is 34.9 Å². The van der Waals surface area contributed by atoms with Gasteiger partial charge >= 0.3 is 0 Å². The molecule has 4 rings (SSSR count). The zero-order valence-corrected chi connectivity index (χ0v) is 18.8. The van der Waals surface area contributed by atoms with Crippen molar-refractivity contribution in [1.29, 1.82) is 0 Å². The van der Waals surface area contributed by atoms with E-state index in [2.05, 4.69) is 36.4 Å². The molecule has 5 atom stereocenters. The maximum absolute atomic E-state index is 10.4. The molecular weight excluding hydrogens is 448 g/mol. The molecule has 0 unspecified atom stereocenters. The van der Waals surface area contributed by atoms with Gasteiger partial charge in [0.15, 0.2) is 5.44 Å². The first-order chi connectivity index (χ1) is 15.5. The third kappa shape index (κ3) is 5.12. The highest BCUT2D eigenvalue weighted by Gasteiger charge is 2.44. The predicted molar refractivity (Wildman–Crippen MR) is 127 cm³/mol. The van der Waals surface area contributed by atoms with E-state index < -0.39 is 29.0 Å². The lowest BCUT2D eigenvalue weighted by molar-refractivity contribution is -0.0910. The highest BCUT2D eigenvalue weighted by Crippen LogP contribution is 2.36. The third-order valence-corrected chi connectivity index (χ3v) is 7.23. The summed E-state index contributed by atoms with van der Waals surface area (Å²) in [7, 11) is 0. The lowest BCUT2D eigenvalue weighted by atomic mass is 10.00. The molecular formula is C25H25ClO5S. The molecule has 0 saturated carbocycles. The van der Waals surface area contributed by atoms with E-state index in [1.165, 1.54) is 0 Å². The van der Waals surface area contributed by atoms with Crippen molar-refractivity contribution in [3.63, 3.8) is 0 Å². The predicted octanol–water partition coefficient (Wildman–Crippen LogP) is 3.49. The van der Waals surface area contributed by atoms with Gasteiger partial charge in [0.25, 0.3) is 0 Å². The van der Waals surface area contributed by atoms with Crippen LogP contribution in [0.15, 0.2) is 72.8 Å². The smallest absolute Gasteiger partial charge is 0.173 e. The molecule has 3 aromatic carbocycles. The maximum atomic E-state index is 10.4. The van der Waals surface area contributed by atoms with Gasteiger partial charge in [0.1, 0.15) is 18.0 Å². The van der Waals surface area contributed by atoms with Crippen molar-refractivity contribution in [1.82, 2.24) is 0 Å². The average Bonchev–Trinajstić information content (AvgIpc) is 2.82. The molecule has 4 N–H and O–H groups in total. The number of hydrogen-bond acceptors (Lipinski definition) is 6. The summed E-state index contributed by atoms with van der Waals surface area (Å²) in [4.78, 5) is 0. The molecule has 5 nitrogen and oxygen atoms in total. The average molecular weight is 473 g/mol. The van der Waals surface area contributed by atoms with Gasteiger partial charge in [-0.3, -0.25) is 0 Å². The van der Waals surface area contributed by atoms with Gasteiger partial charge in [0, 0.05) is 17.0 Å². The molecule has 1 saturated heterocycles. The quantitative estimate of drug-likeness (QED) is 0.439. The van der Waals surface area contributed by atoms with Gasteiger partial charge in [-0.15, -0.1) is 11.8 Å². The first-order valence-electron chi connectivity index (χ1n) is 10.4. The molecule has 0 amide bonds. The van der Waals surface area contributed by atoms with Crippen molar-refractivity contribution in [3.8, 4) is 16.9 Å². The third-order valence-electron chi connectivity index (χ3n) is 5.57. The number of ether oxygens (including phenoxy) is 1. The van der Waals surface area contributed by atoms with Crippen LogP contribution in [0, 0.1) is 0 Å². The van der Waals surface area contributed by atoms with Gasteiger partial charge in [0.05, 0.1) is 18.0 Å². The Balaban J connectivity index is 1.54. The van der Waals surface area contributed by atoms with Crippen LogP contribution < -0.4 is 4.74 Å². The second-order valence-electron chi connectivity index (χ2n) is 7.81. The van der Waals surface area contributed by atoms with Crippen LogP contribution in [0.5, 0.6) is 5.75 Å². The van der Waals surface area contributed by atoms with Crippen molar-refractivity contribution in [2.24, 2.45) is 0 Å². The topological polar surface area (TPSA) is 90.2 Å². The second-order valence-corrected chi connectivity index (χ2v) is 9.59. The van der Waals surface area contributed by atoms with Crippen molar-refractivity contribution in [3.05, 3.63) is 88.9 Å². The molecule has 1 fully saturated rings. The van der Waals surface area contributed by atoms with Crippen LogP contribution in [0.4, 0.5) is 0 Å². The number of thioether (sulfide) groups is 1. The lowest BCUT2D eigenvalue weighted by Gasteiger charge is -2.39. The summed E-state index contributed by atoms with van der Waals surface area (Å²) in [6, 6.07) is 23.6. The molecule has 1 aliphatic rings. The van der Waals surface area contributed by atoms with E-state index in [-0.39, 0.29) is 6.61 Å². The molecule has 0 radical (unpaired) electrons. The van der Waals surface area contributed by atoms with Crippen LogP contribution in [0.2, 0.25) is 5.02 Å². The van der Waals surface area contributed by atoms with Crippen LogP contribution >= 0.6 is 23.4 Å². The molecule has 0 aliphatic carbocycles. The Morgan fingerprint density at radius 3 is 2.19 bits per heavy atom. The van der Waals surface area contributed by atoms with E-state index in [4.69, 9.17) is 16.3 Å². The molecule has 168 valence electrons. The van der Waals surface area contributed by atoms with E-state index >= 15 is 0 Å².